The van der Waals surface area contributed by atoms with Crippen molar-refractivity contribution in [2.75, 3.05) is 0 Å². The molecule has 21 heavy (non-hydrogen) atoms. The van der Waals surface area contributed by atoms with Crippen LogP contribution in [0.4, 0.5) is 13.2 Å². The number of carboxylic acid groups (broad SMARTS) is 1. The molecule has 114 valence electrons. The number of carboxylic acids is 1. The molecule has 0 aliphatic rings. The molecule has 0 heterocycles. The highest BCUT2D eigenvalue weighted by molar-refractivity contribution is 5.95. The minimum Gasteiger partial charge on any atom is -0.481 e. The Balaban J connectivity index is 2.88. The molecule has 0 spiro atoms. The first-order valence-electron chi connectivity index (χ1n) is 5.86. The molecule has 1 aromatic carbocycles. The number of halogens is 3. The third-order valence-electron chi connectivity index (χ3n) is 2.54. The van der Waals surface area contributed by atoms with E-state index in [1.165, 1.54) is 24.3 Å². The molecule has 0 aromatic heterocycles. The summed E-state index contributed by atoms with van der Waals surface area (Å²) in [5, 5.41) is 10.2. The molecule has 2 N–H and O–H groups in total. The molecular weight excluding hydrogens is 291 g/mol. The van der Waals surface area contributed by atoms with Crippen molar-refractivity contribution in [3.05, 3.63) is 35.9 Å². The predicted octanol–water partition coefficient (Wildman–Crippen LogP) is 1.84. The molecule has 1 aromatic rings. The van der Waals surface area contributed by atoms with Crippen molar-refractivity contribution in [3.63, 3.8) is 0 Å². The summed E-state index contributed by atoms with van der Waals surface area (Å²) in [6.45, 7) is 0. The van der Waals surface area contributed by atoms with E-state index in [1.54, 1.807) is 11.4 Å². The summed E-state index contributed by atoms with van der Waals surface area (Å²) in [7, 11) is 0. The first-order valence-corrected chi connectivity index (χ1v) is 5.86. The topological polar surface area (TPSA) is 83.5 Å². The fourth-order valence-electron chi connectivity index (χ4n) is 1.65. The highest BCUT2D eigenvalue weighted by atomic mass is 19.4. The second kappa shape index (κ2) is 6.87. The monoisotopic (exact) mass is 303 g/mol. The quantitative estimate of drug-likeness (QED) is 0.785. The van der Waals surface area contributed by atoms with E-state index in [0.29, 0.717) is 0 Å². The zero-order valence-corrected chi connectivity index (χ0v) is 10.7. The van der Waals surface area contributed by atoms with E-state index in [9.17, 15) is 27.6 Å². The molecule has 0 radical (unpaired) electrons. The van der Waals surface area contributed by atoms with Crippen LogP contribution in [0.1, 0.15) is 24.4 Å². The largest absolute Gasteiger partial charge is 0.481 e. The number of carbonyl (C=O) groups is 3. The van der Waals surface area contributed by atoms with E-state index in [4.69, 9.17) is 5.11 Å². The van der Waals surface area contributed by atoms with Crippen molar-refractivity contribution in [1.82, 2.24) is 5.32 Å². The Bertz CT molecular complexity index is 528. The number of hydrogen-bond acceptors (Lipinski definition) is 3. The lowest BCUT2D eigenvalue weighted by Crippen LogP contribution is -2.39. The Hall–Kier alpha value is -2.38. The molecule has 0 saturated heterocycles. The van der Waals surface area contributed by atoms with Crippen LogP contribution >= 0.6 is 0 Å². The smallest absolute Gasteiger partial charge is 0.471 e. The van der Waals surface area contributed by atoms with E-state index in [0.717, 1.165) is 0 Å². The van der Waals surface area contributed by atoms with Crippen LogP contribution in [0.2, 0.25) is 0 Å². The van der Waals surface area contributed by atoms with Gasteiger partial charge in [0.05, 0.1) is 6.04 Å². The molecule has 0 aliphatic heterocycles. The summed E-state index contributed by atoms with van der Waals surface area (Å²) in [5.74, 6) is -4.34. The normalized spacial score (nSPS) is 12.5. The number of carbonyl (C=O) groups excluding carboxylic acids is 2. The SMILES string of the molecule is O=C(O)CC(=O)CC(NC(=O)C(F)(F)F)c1ccccc1. The maximum absolute atomic E-state index is 12.3. The van der Waals surface area contributed by atoms with Gasteiger partial charge < -0.3 is 10.4 Å². The van der Waals surface area contributed by atoms with Gasteiger partial charge in [-0.05, 0) is 5.56 Å². The molecule has 0 aliphatic carbocycles. The Labute approximate surface area is 117 Å². The van der Waals surface area contributed by atoms with Gasteiger partial charge >= 0.3 is 18.1 Å². The van der Waals surface area contributed by atoms with Crippen LogP contribution < -0.4 is 5.32 Å². The third kappa shape index (κ3) is 5.64. The van der Waals surface area contributed by atoms with Gasteiger partial charge in [0.25, 0.3) is 0 Å². The van der Waals surface area contributed by atoms with Gasteiger partial charge in [0, 0.05) is 6.42 Å². The number of alkyl halides is 3. The number of aliphatic carboxylic acids is 1. The standard InChI is InChI=1S/C13H12F3NO4/c14-13(15,16)12(21)17-10(6-9(18)7-11(19)20)8-4-2-1-3-5-8/h1-5,10H,6-7H2,(H,17,21)(H,19,20). The number of ketones is 1. The van der Waals surface area contributed by atoms with Gasteiger partial charge in [-0.15, -0.1) is 0 Å². The first kappa shape index (κ1) is 16.7. The minimum atomic E-state index is -5.08. The maximum Gasteiger partial charge on any atom is 0.471 e. The molecule has 0 fully saturated rings. The van der Waals surface area contributed by atoms with Gasteiger partial charge in [-0.3, -0.25) is 14.4 Å². The zero-order chi connectivity index (χ0) is 16.0. The van der Waals surface area contributed by atoms with Crippen molar-refractivity contribution >= 4 is 17.7 Å². The molecule has 1 unspecified atom stereocenters. The highest BCUT2D eigenvalue weighted by Gasteiger charge is 2.40. The van der Waals surface area contributed by atoms with E-state index >= 15 is 0 Å². The summed E-state index contributed by atoms with van der Waals surface area (Å²) in [5.41, 5.74) is 0.286. The Morgan fingerprint density at radius 3 is 2.19 bits per heavy atom. The molecule has 1 atom stereocenters. The lowest BCUT2D eigenvalue weighted by atomic mass is 10.00. The number of rotatable bonds is 6. The first-order chi connectivity index (χ1) is 9.70. The van der Waals surface area contributed by atoms with Crippen molar-refractivity contribution in [1.29, 1.82) is 0 Å². The van der Waals surface area contributed by atoms with Gasteiger partial charge in [0.1, 0.15) is 12.2 Å². The summed E-state index contributed by atoms with van der Waals surface area (Å²) in [6.07, 6.45) is -6.42. The number of Topliss-reactive ketones (excluding diaryl/α,β-unsaturated/α-hetero) is 1. The van der Waals surface area contributed by atoms with Gasteiger partial charge in [-0.25, -0.2) is 0 Å². The third-order valence-corrected chi connectivity index (χ3v) is 2.54. The predicted molar refractivity (Wildman–Crippen MR) is 65.3 cm³/mol. The lowest BCUT2D eigenvalue weighted by Gasteiger charge is -2.19. The fraction of sp³-hybridized carbons (Fsp3) is 0.308. The van der Waals surface area contributed by atoms with E-state index < -0.39 is 42.7 Å². The molecule has 1 amide bonds. The van der Waals surface area contributed by atoms with E-state index in [2.05, 4.69) is 0 Å². The van der Waals surface area contributed by atoms with Crippen LogP contribution in [-0.2, 0) is 14.4 Å². The second-order valence-corrected chi connectivity index (χ2v) is 4.25. The van der Waals surface area contributed by atoms with Crippen LogP contribution in [0.3, 0.4) is 0 Å². The summed E-state index contributed by atoms with van der Waals surface area (Å²) >= 11 is 0. The number of benzene rings is 1. The average Bonchev–Trinajstić information content (AvgIpc) is 2.36. The lowest BCUT2D eigenvalue weighted by molar-refractivity contribution is -0.174. The van der Waals surface area contributed by atoms with Crippen molar-refractivity contribution in [2.45, 2.75) is 25.1 Å². The van der Waals surface area contributed by atoms with Crippen LogP contribution in [-0.4, -0.2) is 28.9 Å². The van der Waals surface area contributed by atoms with E-state index in [1.807, 2.05) is 0 Å². The summed E-state index contributed by atoms with van der Waals surface area (Å²) < 4.78 is 36.8. The molecule has 1 rings (SSSR count). The van der Waals surface area contributed by atoms with Gasteiger partial charge in [0.15, 0.2) is 0 Å². The molecular formula is C13H12F3NO4. The summed E-state index contributed by atoms with van der Waals surface area (Å²) in [6, 6.07) is 6.33. The Kier molecular flexibility index (Phi) is 5.45. The van der Waals surface area contributed by atoms with Crippen LogP contribution in [0, 0.1) is 0 Å². The summed E-state index contributed by atoms with van der Waals surface area (Å²) in [4.78, 5) is 32.9. The molecule has 0 bridgehead atoms. The van der Waals surface area contributed by atoms with Crippen molar-refractivity contribution in [3.8, 4) is 0 Å². The second-order valence-electron chi connectivity index (χ2n) is 4.25. The van der Waals surface area contributed by atoms with Crippen LogP contribution in [0.15, 0.2) is 30.3 Å². The van der Waals surface area contributed by atoms with Gasteiger partial charge in [0.2, 0.25) is 0 Å². The van der Waals surface area contributed by atoms with Crippen molar-refractivity contribution < 1.29 is 32.7 Å². The molecule has 0 saturated carbocycles. The Morgan fingerprint density at radius 2 is 1.71 bits per heavy atom. The molecule has 8 heteroatoms. The number of hydrogen-bond donors (Lipinski definition) is 2. The van der Waals surface area contributed by atoms with Gasteiger partial charge in [-0.1, -0.05) is 30.3 Å². The van der Waals surface area contributed by atoms with Crippen LogP contribution in [0.5, 0.6) is 0 Å². The fourth-order valence-corrected chi connectivity index (χ4v) is 1.65. The molecule has 5 nitrogen and oxygen atoms in total. The zero-order valence-electron chi connectivity index (χ0n) is 10.7. The van der Waals surface area contributed by atoms with Gasteiger partial charge in [-0.2, -0.15) is 13.2 Å². The Morgan fingerprint density at radius 1 is 1.14 bits per heavy atom. The van der Waals surface area contributed by atoms with E-state index in [-0.39, 0.29) is 5.56 Å². The van der Waals surface area contributed by atoms with Crippen molar-refractivity contribution in [2.24, 2.45) is 0 Å². The number of amides is 1. The highest BCUT2D eigenvalue weighted by Crippen LogP contribution is 2.21. The average molecular weight is 303 g/mol. The maximum atomic E-state index is 12.3. The minimum absolute atomic E-state index is 0.286. The van der Waals surface area contributed by atoms with Crippen LogP contribution in [0.25, 0.3) is 0 Å². The number of nitrogens with one attached hydrogen (secondary N) is 1.